The molecule has 1 fully saturated rings. The molecule has 0 spiro atoms. The molecule has 1 aromatic heterocycles. The highest BCUT2D eigenvalue weighted by Crippen LogP contribution is 2.24. The van der Waals surface area contributed by atoms with Gasteiger partial charge < -0.3 is 15.3 Å². The number of nitrogens with zero attached hydrogens (tertiary/aromatic N) is 2. The Morgan fingerprint density at radius 1 is 1.76 bits per heavy atom. The first-order chi connectivity index (χ1) is 8.20. The number of hydrogen-bond donors (Lipinski definition) is 2. The van der Waals surface area contributed by atoms with E-state index in [0.717, 1.165) is 24.5 Å². The molecule has 2 rings (SSSR count). The molecule has 2 N–H and O–H groups in total. The Labute approximate surface area is 104 Å². The lowest BCUT2D eigenvalue weighted by Gasteiger charge is -2.12. The van der Waals surface area contributed by atoms with E-state index in [-0.39, 0.29) is 12.0 Å². The summed E-state index contributed by atoms with van der Waals surface area (Å²) in [7, 11) is 0. The smallest absolute Gasteiger partial charge is 0.270 e. The van der Waals surface area contributed by atoms with Crippen LogP contribution in [0.15, 0.2) is 5.38 Å². The molecule has 6 heteroatoms. The van der Waals surface area contributed by atoms with E-state index in [2.05, 4.69) is 10.3 Å². The zero-order valence-electron chi connectivity index (χ0n) is 9.85. The van der Waals surface area contributed by atoms with E-state index in [4.69, 9.17) is 0 Å². The van der Waals surface area contributed by atoms with Crippen molar-refractivity contribution in [1.82, 2.24) is 10.3 Å². The molecule has 0 aliphatic carbocycles. The number of hydrogen-bond acceptors (Lipinski definition) is 5. The normalized spacial score (nSPS) is 19.6. The lowest BCUT2D eigenvalue weighted by Crippen LogP contribution is -2.25. The Kier molecular flexibility index (Phi) is 3.96. The van der Waals surface area contributed by atoms with Crippen molar-refractivity contribution in [2.24, 2.45) is 0 Å². The molecule has 1 saturated heterocycles. The van der Waals surface area contributed by atoms with Crippen LogP contribution < -0.4 is 10.2 Å². The molecule has 1 aliphatic heterocycles. The van der Waals surface area contributed by atoms with Gasteiger partial charge in [-0.1, -0.05) is 6.92 Å². The lowest BCUT2D eigenvalue weighted by atomic mass is 10.3. The number of aliphatic hydroxyl groups is 1. The third-order valence-electron chi connectivity index (χ3n) is 2.69. The van der Waals surface area contributed by atoms with Crippen LogP contribution in [0.25, 0.3) is 0 Å². The van der Waals surface area contributed by atoms with Crippen molar-refractivity contribution < 1.29 is 9.90 Å². The maximum absolute atomic E-state index is 11.7. The minimum atomic E-state index is -0.267. The molecule has 94 valence electrons. The fourth-order valence-corrected chi connectivity index (χ4v) is 2.60. The summed E-state index contributed by atoms with van der Waals surface area (Å²) in [4.78, 5) is 18.0. The molecule has 0 unspecified atom stereocenters. The highest BCUT2D eigenvalue weighted by Gasteiger charge is 2.23. The average molecular weight is 255 g/mol. The zero-order valence-corrected chi connectivity index (χ0v) is 10.7. The topological polar surface area (TPSA) is 65.5 Å². The van der Waals surface area contributed by atoms with Crippen molar-refractivity contribution in [2.75, 3.05) is 24.5 Å². The van der Waals surface area contributed by atoms with E-state index in [0.29, 0.717) is 18.8 Å². The van der Waals surface area contributed by atoms with Crippen molar-refractivity contribution in [3.05, 3.63) is 11.1 Å². The van der Waals surface area contributed by atoms with Gasteiger partial charge in [0, 0.05) is 25.0 Å². The van der Waals surface area contributed by atoms with Gasteiger partial charge in [-0.25, -0.2) is 4.98 Å². The maximum atomic E-state index is 11.7. The van der Waals surface area contributed by atoms with E-state index in [1.807, 2.05) is 11.8 Å². The van der Waals surface area contributed by atoms with Crippen LogP contribution in [-0.4, -0.2) is 41.7 Å². The fraction of sp³-hybridized carbons (Fsp3) is 0.636. The summed E-state index contributed by atoms with van der Waals surface area (Å²) >= 11 is 1.45. The van der Waals surface area contributed by atoms with Crippen LogP contribution in [0.4, 0.5) is 5.13 Å². The van der Waals surface area contributed by atoms with Crippen LogP contribution in [0, 0.1) is 0 Å². The van der Waals surface area contributed by atoms with Crippen LogP contribution in [0.2, 0.25) is 0 Å². The van der Waals surface area contributed by atoms with Crippen molar-refractivity contribution in [3.63, 3.8) is 0 Å². The summed E-state index contributed by atoms with van der Waals surface area (Å²) in [6, 6.07) is 0. The van der Waals surface area contributed by atoms with Crippen LogP contribution >= 0.6 is 11.3 Å². The molecule has 2 heterocycles. The van der Waals surface area contributed by atoms with E-state index in [1.54, 1.807) is 5.38 Å². The first-order valence-electron chi connectivity index (χ1n) is 5.87. The van der Waals surface area contributed by atoms with E-state index in [1.165, 1.54) is 11.3 Å². The van der Waals surface area contributed by atoms with Crippen LogP contribution in [0.1, 0.15) is 30.3 Å². The SMILES string of the molecule is CCCNC(=O)c1csc(N2CC[C@H](O)C2)n1. The van der Waals surface area contributed by atoms with Gasteiger partial charge in [-0.15, -0.1) is 11.3 Å². The standard InChI is InChI=1S/C11H17N3O2S/c1-2-4-12-10(16)9-7-17-11(13-9)14-5-3-8(15)6-14/h7-8,15H,2-6H2,1H3,(H,12,16)/t8-/m0/s1. The minimum Gasteiger partial charge on any atom is -0.391 e. The highest BCUT2D eigenvalue weighted by molar-refractivity contribution is 7.13. The second kappa shape index (κ2) is 5.46. The van der Waals surface area contributed by atoms with Gasteiger partial charge in [0.05, 0.1) is 6.10 Å². The number of carbonyl (C=O) groups is 1. The third kappa shape index (κ3) is 2.95. The second-order valence-corrected chi connectivity index (χ2v) is 5.00. The molecule has 1 aromatic rings. The summed E-state index contributed by atoms with van der Waals surface area (Å²) in [6.45, 7) is 4.11. The lowest BCUT2D eigenvalue weighted by molar-refractivity contribution is 0.0949. The summed E-state index contributed by atoms with van der Waals surface area (Å²) in [5, 5.41) is 14.8. The fourth-order valence-electron chi connectivity index (χ4n) is 1.76. The zero-order chi connectivity index (χ0) is 12.3. The van der Waals surface area contributed by atoms with Gasteiger partial charge >= 0.3 is 0 Å². The molecule has 0 aromatic carbocycles. The predicted molar refractivity (Wildman–Crippen MR) is 67.6 cm³/mol. The third-order valence-corrected chi connectivity index (χ3v) is 3.60. The Hall–Kier alpha value is -1.14. The number of thiazole rings is 1. The van der Waals surface area contributed by atoms with Crippen molar-refractivity contribution >= 4 is 22.4 Å². The highest BCUT2D eigenvalue weighted by atomic mass is 32.1. The molecular formula is C11H17N3O2S. The van der Waals surface area contributed by atoms with Gasteiger partial charge in [0.15, 0.2) is 5.13 Å². The van der Waals surface area contributed by atoms with Crippen molar-refractivity contribution in [1.29, 1.82) is 0 Å². The van der Waals surface area contributed by atoms with Gasteiger partial charge in [0.1, 0.15) is 5.69 Å². The molecule has 17 heavy (non-hydrogen) atoms. The summed E-state index contributed by atoms with van der Waals surface area (Å²) < 4.78 is 0. The van der Waals surface area contributed by atoms with Crippen molar-refractivity contribution in [2.45, 2.75) is 25.9 Å². The first kappa shape index (κ1) is 12.3. The number of β-amino-alcohol motifs (C(OH)–C–C–N with tert-alkyl or cyclic N) is 1. The molecule has 5 nitrogen and oxygen atoms in total. The average Bonchev–Trinajstić information content (AvgIpc) is 2.93. The number of aromatic nitrogens is 1. The molecule has 1 aliphatic rings. The van der Waals surface area contributed by atoms with Gasteiger partial charge in [-0.3, -0.25) is 4.79 Å². The Morgan fingerprint density at radius 3 is 3.24 bits per heavy atom. The quantitative estimate of drug-likeness (QED) is 0.837. The van der Waals surface area contributed by atoms with Gasteiger partial charge in [-0.05, 0) is 12.8 Å². The summed E-state index contributed by atoms with van der Waals surface area (Å²) in [5.41, 5.74) is 0.472. The Balaban J connectivity index is 1.98. The van der Waals surface area contributed by atoms with Crippen LogP contribution in [0.3, 0.4) is 0 Å². The number of carbonyl (C=O) groups excluding carboxylic acids is 1. The van der Waals surface area contributed by atoms with E-state index in [9.17, 15) is 9.90 Å². The van der Waals surface area contributed by atoms with E-state index >= 15 is 0 Å². The van der Waals surface area contributed by atoms with E-state index < -0.39 is 0 Å². The number of nitrogens with one attached hydrogen (secondary N) is 1. The second-order valence-electron chi connectivity index (χ2n) is 4.16. The largest absolute Gasteiger partial charge is 0.391 e. The predicted octanol–water partition coefficient (Wildman–Crippen LogP) is 0.854. The Bertz CT molecular complexity index is 394. The number of aliphatic hydroxyl groups excluding tert-OH is 1. The molecule has 0 saturated carbocycles. The van der Waals surface area contributed by atoms with Gasteiger partial charge in [-0.2, -0.15) is 0 Å². The summed E-state index contributed by atoms with van der Waals surface area (Å²) in [6.07, 6.45) is 1.43. The monoisotopic (exact) mass is 255 g/mol. The number of anilines is 1. The number of rotatable bonds is 4. The molecule has 1 atom stereocenters. The number of amides is 1. The minimum absolute atomic E-state index is 0.117. The maximum Gasteiger partial charge on any atom is 0.270 e. The first-order valence-corrected chi connectivity index (χ1v) is 6.75. The van der Waals surface area contributed by atoms with Gasteiger partial charge in [0.2, 0.25) is 0 Å². The van der Waals surface area contributed by atoms with Crippen molar-refractivity contribution in [3.8, 4) is 0 Å². The molecule has 0 bridgehead atoms. The molecular weight excluding hydrogens is 238 g/mol. The Morgan fingerprint density at radius 2 is 2.59 bits per heavy atom. The van der Waals surface area contributed by atoms with Gasteiger partial charge in [0.25, 0.3) is 5.91 Å². The van der Waals surface area contributed by atoms with Crippen LogP contribution in [0.5, 0.6) is 0 Å². The molecule has 1 amide bonds. The van der Waals surface area contributed by atoms with Crippen LogP contribution in [-0.2, 0) is 0 Å². The molecule has 0 radical (unpaired) electrons. The summed E-state index contributed by atoms with van der Waals surface area (Å²) in [5.74, 6) is -0.117.